The Hall–Kier alpha value is -4.14. The maximum absolute atomic E-state index is 12.6. The van der Waals surface area contributed by atoms with E-state index in [9.17, 15) is 14.9 Å². The average molecular weight is 435 g/mol. The van der Waals surface area contributed by atoms with Crippen LogP contribution < -0.4 is 14.2 Å². The molecule has 1 aromatic heterocycles. The number of nitro groups is 1. The third kappa shape index (κ3) is 4.04. The van der Waals surface area contributed by atoms with Gasteiger partial charge in [-0.2, -0.15) is 5.10 Å². The second kappa shape index (κ2) is 8.54. The highest BCUT2D eigenvalue weighted by atomic mass is 16.7. The number of aromatic nitrogens is 2. The Bertz CT molecular complexity index is 1240. The molecule has 0 amide bonds. The van der Waals surface area contributed by atoms with E-state index in [-0.39, 0.29) is 18.3 Å². The molecular weight excluding hydrogens is 414 g/mol. The number of aryl methyl sites for hydroxylation is 1. The van der Waals surface area contributed by atoms with E-state index in [0.717, 1.165) is 11.1 Å². The normalized spacial score (nSPS) is 12.3. The molecule has 0 fully saturated rings. The summed E-state index contributed by atoms with van der Waals surface area (Å²) >= 11 is 0. The van der Waals surface area contributed by atoms with Gasteiger partial charge in [0, 0.05) is 11.1 Å². The summed E-state index contributed by atoms with van der Waals surface area (Å²) in [7, 11) is 1.56. The first-order valence-electron chi connectivity index (χ1n) is 9.84. The second-order valence-corrected chi connectivity index (χ2v) is 7.27. The number of allylic oxidation sites excluding steroid dienone is 1. The molecule has 0 unspecified atom stereocenters. The topological polar surface area (TPSA) is 106 Å². The zero-order valence-corrected chi connectivity index (χ0v) is 17.8. The molecule has 0 atom stereocenters. The summed E-state index contributed by atoms with van der Waals surface area (Å²) in [5.41, 5.74) is 2.89. The molecule has 0 aliphatic carbocycles. The van der Waals surface area contributed by atoms with E-state index in [1.165, 1.54) is 6.08 Å². The van der Waals surface area contributed by atoms with Crippen LogP contribution in [-0.4, -0.2) is 34.4 Å². The highest BCUT2D eigenvalue weighted by molar-refractivity contribution is 6.07. The molecule has 1 aliphatic rings. The minimum atomic E-state index is -0.424. The van der Waals surface area contributed by atoms with Gasteiger partial charge in [0.05, 0.1) is 18.6 Å². The van der Waals surface area contributed by atoms with Crippen LogP contribution in [0.3, 0.4) is 0 Å². The number of ether oxygens (including phenoxy) is 3. The van der Waals surface area contributed by atoms with Crippen LogP contribution in [0.2, 0.25) is 0 Å². The minimum absolute atomic E-state index is 0.00865. The largest absolute Gasteiger partial charge is 0.496 e. The van der Waals surface area contributed by atoms with Crippen LogP contribution in [0, 0.1) is 24.0 Å². The molecule has 1 aliphatic heterocycles. The molecule has 0 saturated carbocycles. The van der Waals surface area contributed by atoms with Crippen LogP contribution in [0.4, 0.5) is 5.69 Å². The Morgan fingerprint density at radius 1 is 1.22 bits per heavy atom. The van der Waals surface area contributed by atoms with Gasteiger partial charge in [0.25, 0.3) is 0 Å². The summed E-state index contributed by atoms with van der Waals surface area (Å²) < 4.78 is 17.6. The smallest absolute Gasteiger partial charge is 0.312 e. The third-order valence-corrected chi connectivity index (χ3v) is 5.23. The van der Waals surface area contributed by atoms with E-state index in [4.69, 9.17) is 14.2 Å². The van der Waals surface area contributed by atoms with Crippen LogP contribution >= 0.6 is 0 Å². The van der Waals surface area contributed by atoms with Crippen molar-refractivity contribution in [1.29, 1.82) is 0 Å². The van der Waals surface area contributed by atoms with Gasteiger partial charge in [-0.3, -0.25) is 19.6 Å². The predicted molar refractivity (Wildman–Crippen MR) is 116 cm³/mol. The summed E-state index contributed by atoms with van der Waals surface area (Å²) in [5, 5.41) is 15.6. The SMILES string of the molecule is COc1ccc(/C=C/C(=O)c2ccc3c(c2)OCO3)cc1Cn1nc(C)c([N+](=O)[O-])c1C. The van der Waals surface area contributed by atoms with Gasteiger partial charge in [0.15, 0.2) is 17.3 Å². The van der Waals surface area contributed by atoms with Gasteiger partial charge in [-0.15, -0.1) is 0 Å². The van der Waals surface area contributed by atoms with E-state index in [0.29, 0.717) is 40.7 Å². The van der Waals surface area contributed by atoms with Gasteiger partial charge >= 0.3 is 5.69 Å². The highest BCUT2D eigenvalue weighted by Crippen LogP contribution is 2.33. The molecule has 0 bridgehead atoms. The average Bonchev–Trinajstić information content (AvgIpc) is 3.35. The van der Waals surface area contributed by atoms with Crippen molar-refractivity contribution in [3.8, 4) is 17.2 Å². The van der Waals surface area contributed by atoms with Crippen molar-refractivity contribution in [2.75, 3.05) is 13.9 Å². The molecule has 0 radical (unpaired) electrons. The van der Waals surface area contributed by atoms with Crippen molar-refractivity contribution in [3.63, 3.8) is 0 Å². The fraction of sp³-hybridized carbons (Fsp3) is 0.217. The lowest BCUT2D eigenvalue weighted by atomic mass is 10.1. The molecule has 4 rings (SSSR count). The fourth-order valence-electron chi connectivity index (χ4n) is 3.61. The van der Waals surface area contributed by atoms with E-state index < -0.39 is 4.92 Å². The van der Waals surface area contributed by atoms with E-state index in [1.54, 1.807) is 56.0 Å². The number of carbonyl (C=O) groups excluding carboxylic acids is 1. The van der Waals surface area contributed by atoms with Crippen molar-refractivity contribution in [2.45, 2.75) is 20.4 Å². The monoisotopic (exact) mass is 435 g/mol. The van der Waals surface area contributed by atoms with Crippen LogP contribution in [-0.2, 0) is 6.54 Å². The number of rotatable bonds is 7. The molecule has 3 aromatic rings. The molecule has 164 valence electrons. The summed E-state index contributed by atoms with van der Waals surface area (Å²) in [6.45, 7) is 3.72. The number of fused-ring (bicyclic) bond motifs is 1. The highest BCUT2D eigenvalue weighted by Gasteiger charge is 2.22. The van der Waals surface area contributed by atoms with Gasteiger partial charge in [0.2, 0.25) is 6.79 Å². The van der Waals surface area contributed by atoms with Gasteiger partial charge in [-0.1, -0.05) is 12.1 Å². The number of carbonyl (C=O) groups is 1. The molecular formula is C23H21N3O6. The Morgan fingerprint density at radius 3 is 2.72 bits per heavy atom. The maximum atomic E-state index is 12.6. The van der Waals surface area contributed by atoms with E-state index in [1.807, 2.05) is 12.1 Å². The van der Waals surface area contributed by atoms with Crippen LogP contribution in [0.5, 0.6) is 17.2 Å². The van der Waals surface area contributed by atoms with Gasteiger partial charge in [-0.05, 0) is 55.8 Å². The Labute approximate surface area is 184 Å². The first-order valence-corrected chi connectivity index (χ1v) is 9.84. The maximum Gasteiger partial charge on any atom is 0.312 e. The van der Waals surface area contributed by atoms with E-state index >= 15 is 0 Å². The van der Waals surface area contributed by atoms with Gasteiger partial charge < -0.3 is 14.2 Å². The Balaban J connectivity index is 1.57. The number of hydrogen-bond acceptors (Lipinski definition) is 7. The first-order chi connectivity index (χ1) is 15.4. The number of methoxy groups -OCH3 is 1. The van der Waals surface area contributed by atoms with Crippen LogP contribution in [0.15, 0.2) is 42.5 Å². The van der Waals surface area contributed by atoms with Crippen LogP contribution in [0.25, 0.3) is 6.08 Å². The lowest BCUT2D eigenvalue weighted by Gasteiger charge is -2.11. The molecule has 9 heteroatoms. The quantitative estimate of drug-likeness (QED) is 0.238. The molecule has 2 aromatic carbocycles. The number of hydrogen-bond donors (Lipinski definition) is 0. The molecule has 9 nitrogen and oxygen atoms in total. The number of benzene rings is 2. The van der Waals surface area contributed by atoms with Crippen molar-refractivity contribution in [2.24, 2.45) is 0 Å². The summed E-state index contributed by atoms with van der Waals surface area (Å²) in [6, 6.07) is 10.5. The summed E-state index contributed by atoms with van der Waals surface area (Å²) in [5.74, 6) is 1.62. The first kappa shape index (κ1) is 21.1. The van der Waals surface area contributed by atoms with Crippen molar-refractivity contribution in [1.82, 2.24) is 9.78 Å². The van der Waals surface area contributed by atoms with Crippen LogP contribution in [0.1, 0.15) is 32.9 Å². The third-order valence-electron chi connectivity index (χ3n) is 5.23. The minimum Gasteiger partial charge on any atom is -0.496 e. The van der Waals surface area contributed by atoms with Crippen molar-refractivity contribution < 1.29 is 23.9 Å². The zero-order chi connectivity index (χ0) is 22.8. The van der Waals surface area contributed by atoms with Gasteiger partial charge in [-0.25, -0.2) is 0 Å². The summed E-state index contributed by atoms with van der Waals surface area (Å²) in [4.78, 5) is 23.4. The zero-order valence-electron chi connectivity index (χ0n) is 17.8. The fourth-order valence-corrected chi connectivity index (χ4v) is 3.61. The number of ketones is 1. The molecule has 0 saturated heterocycles. The second-order valence-electron chi connectivity index (χ2n) is 7.27. The Kier molecular flexibility index (Phi) is 5.63. The molecule has 0 N–H and O–H groups in total. The number of nitrogens with zero attached hydrogens (tertiary/aromatic N) is 3. The Morgan fingerprint density at radius 2 is 2.00 bits per heavy atom. The molecule has 32 heavy (non-hydrogen) atoms. The lowest BCUT2D eigenvalue weighted by molar-refractivity contribution is -0.386. The molecule has 0 spiro atoms. The lowest BCUT2D eigenvalue weighted by Crippen LogP contribution is -2.06. The van der Waals surface area contributed by atoms with Gasteiger partial charge in [0.1, 0.15) is 17.1 Å². The van der Waals surface area contributed by atoms with Crippen molar-refractivity contribution in [3.05, 3.63) is 80.7 Å². The summed E-state index contributed by atoms with van der Waals surface area (Å²) in [6.07, 6.45) is 3.19. The van der Waals surface area contributed by atoms with Crippen molar-refractivity contribution >= 4 is 17.5 Å². The molecule has 2 heterocycles. The predicted octanol–water partition coefficient (Wildman–Crippen LogP) is 4.09. The van der Waals surface area contributed by atoms with E-state index in [2.05, 4.69) is 5.10 Å². The standard InChI is InChI=1S/C23H21N3O6/c1-14-23(26(28)29)15(2)25(24-14)12-18-10-16(5-8-20(18)30-3)4-7-19(27)17-6-9-21-22(11-17)32-13-31-21/h4-11H,12-13H2,1-3H3/b7-4+.